The lowest BCUT2D eigenvalue weighted by Gasteiger charge is -2.29. The summed E-state index contributed by atoms with van der Waals surface area (Å²) in [5.41, 5.74) is 0.576. The molecule has 1 N–H and O–H groups in total. The van der Waals surface area contributed by atoms with Gasteiger partial charge in [0.25, 0.3) is 0 Å². The number of phenols is 1. The summed E-state index contributed by atoms with van der Waals surface area (Å²) in [7, 11) is 0. The van der Waals surface area contributed by atoms with Crippen molar-refractivity contribution >= 4 is 23.2 Å². The molecule has 0 atom stereocenters. The summed E-state index contributed by atoms with van der Waals surface area (Å²) in [6.45, 7) is 0.905. The maximum absolute atomic E-state index is 11.5. The van der Waals surface area contributed by atoms with E-state index < -0.39 is 0 Å². The number of anilines is 1. The highest BCUT2D eigenvalue weighted by Crippen LogP contribution is 2.34. The molecule has 1 aliphatic heterocycles. The van der Waals surface area contributed by atoms with Crippen molar-refractivity contribution in [2.75, 3.05) is 23.9 Å². The first-order valence-electron chi connectivity index (χ1n) is 4.54. The molecule has 1 aromatic carbocycles. The molecule has 0 unspecified atom stereocenters. The van der Waals surface area contributed by atoms with E-state index in [1.165, 1.54) is 17.0 Å². The summed E-state index contributed by atoms with van der Waals surface area (Å²) in [4.78, 5) is 13.0. The van der Waals surface area contributed by atoms with E-state index in [0.717, 1.165) is 0 Å². The van der Waals surface area contributed by atoms with Crippen LogP contribution < -0.4 is 9.64 Å². The minimum atomic E-state index is -0.188. The Morgan fingerprint density at radius 2 is 2.40 bits per heavy atom. The summed E-state index contributed by atoms with van der Waals surface area (Å²) < 4.78 is 5.36. The van der Waals surface area contributed by atoms with Gasteiger partial charge in [0.2, 0.25) is 5.91 Å². The summed E-state index contributed by atoms with van der Waals surface area (Å²) in [6, 6.07) is 4.66. The Morgan fingerprint density at radius 1 is 1.60 bits per heavy atom. The molecule has 5 heteroatoms. The number of nitrogens with zero attached hydrogens (tertiary/aromatic N) is 1. The van der Waals surface area contributed by atoms with E-state index in [-0.39, 0.29) is 17.5 Å². The molecular weight excluding hydrogens is 218 g/mol. The minimum absolute atomic E-state index is 0.0743. The standard InChI is InChI=1S/C10H10ClNO3/c11-6-10(14)12-3-4-15-9-2-1-7(13)5-8(9)12/h1-2,5,13H,3-4,6H2. The average molecular weight is 228 g/mol. The average Bonchev–Trinajstić information content (AvgIpc) is 2.27. The van der Waals surface area contributed by atoms with Crippen LogP contribution >= 0.6 is 11.6 Å². The third-order valence-electron chi connectivity index (χ3n) is 2.22. The Labute approximate surface area is 92.0 Å². The van der Waals surface area contributed by atoms with Gasteiger partial charge in [0, 0.05) is 6.07 Å². The van der Waals surface area contributed by atoms with E-state index in [1.54, 1.807) is 6.07 Å². The number of fused-ring (bicyclic) bond motifs is 1. The Balaban J connectivity index is 2.40. The molecule has 1 heterocycles. The smallest absolute Gasteiger partial charge is 0.242 e. The van der Waals surface area contributed by atoms with Crippen molar-refractivity contribution in [3.05, 3.63) is 18.2 Å². The maximum Gasteiger partial charge on any atom is 0.242 e. The van der Waals surface area contributed by atoms with Crippen molar-refractivity contribution in [3.63, 3.8) is 0 Å². The van der Waals surface area contributed by atoms with Gasteiger partial charge in [0.05, 0.1) is 12.2 Å². The third kappa shape index (κ3) is 1.85. The summed E-state index contributed by atoms with van der Waals surface area (Å²) >= 11 is 5.50. The zero-order valence-electron chi connectivity index (χ0n) is 7.94. The molecule has 0 radical (unpaired) electrons. The van der Waals surface area contributed by atoms with Crippen LogP contribution in [0, 0.1) is 0 Å². The second-order valence-electron chi connectivity index (χ2n) is 3.18. The normalized spacial score (nSPS) is 14.3. The SMILES string of the molecule is O=C(CCl)N1CCOc2ccc(O)cc21. The van der Waals surface area contributed by atoms with E-state index >= 15 is 0 Å². The van der Waals surface area contributed by atoms with Crippen molar-refractivity contribution in [3.8, 4) is 11.5 Å². The number of benzene rings is 1. The zero-order chi connectivity index (χ0) is 10.8. The third-order valence-corrected chi connectivity index (χ3v) is 2.45. The predicted molar refractivity (Wildman–Crippen MR) is 56.7 cm³/mol. The van der Waals surface area contributed by atoms with Gasteiger partial charge in [-0.1, -0.05) is 0 Å². The van der Waals surface area contributed by atoms with Crippen LogP contribution in [0.3, 0.4) is 0 Å². The number of hydrogen-bond donors (Lipinski definition) is 1. The van der Waals surface area contributed by atoms with Crippen LogP contribution in [-0.4, -0.2) is 30.0 Å². The molecule has 80 valence electrons. The number of carbonyl (C=O) groups is 1. The minimum Gasteiger partial charge on any atom is -0.508 e. The van der Waals surface area contributed by atoms with Crippen molar-refractivity contribution in [1.29, 1.82) is 0 Å². The van der Waals surface area contributed by atoms with Gasteiger partial charge in [0.15, 0.2) is 0 Å². The monoisotopic (exact) mass is 227 g/mol. The van der Waals surface area contributed by atoms with Crippen LogP contribution in [-0.2, 0) is 4.79 Å². The van der Waals surface area contributed by atoms with E-state index in [9.17, 15) is 9.90 Å². The lowest BCUT2D eigenvalue weighted by molar-refractivity contribution is -0.116. The Hall–Kier alpha value is -1.42. The number of hydrogen-bond acceptors (Lipinski definition) is 3. The molecule has 0 fully saturated rings. The first kappa shape index (κ1) is 10.1. The van der Waals surface area contributed by atoms with E-state index in [1.807, 2.05) is 0 Å². The van der Waals surface area contributed by atoms with E-state index in [2.05, 4.69) is 0 Å². The van der Waals surface area contributed by atoms with Gasteiger partial charge in [-0.3, -0.25) is 4.79 Å². The van der Waals surface area contributed by atoms with E-state index in [4.69, 9.17) is 16.3 Å². The molecule has 0 aromatic heterocycles. The highest BCUT2D eigenvalue weighted by Gasteiger charge is 2.23. The fourth-order valence-electron chi connectivity index (χ4n) is 1.54. The Bertz CT molecular complexity index is 394. The fourth-order valence-corrected chi connectivity index (χ4v) is 1.68. The van der Waals surface area contributed by atoms with Crippen molar-refractivity contribution in [2.45, 2.75) is 0 Å². The van der Waals surface area contributed by atoms with Gasteiger partial charge in [-0.2, -0.15) is 0 Å². The number of halogens is 1. The summed E-state index contributed by atoms with van der Waals surface area (Å²) in [5, 5.41) is 9.33. The predicted octanol–water partition coefficient (Wildman–Crippen LogP) is 1.36. The summed E-state index contributed by atoms with van der Waals surface area (Å²) in [5.74, 6) is 0.436. The molecule has 2 rings (SSSR count). The Kier molecular flexibility index (Phi) is 2.68. The first-order valence-corrected chi connectivity index (χ1v) is 5.08. The summed E-state index contributed by atoms with van der Waals surface area (Å²) in [6.07, 6.45) is 0. The van der Waals surface area contributed by atoms with Crippen LogP contribution in [0.25, 0.3) is 0 Å². The van der Waals surface area contributed by atoms with Gasteiger partial charge in [-0.25, -0.2) is 0 Å². The molecule has 0 bridgehead atoms. The number of carbonyl (C=O) groups excluding carboxylic acids is 1. The molecule has 0 saturated heterocycles. The lowest BCUT2D eigenvalue weighted by atomic mass is 10.2. The van der Waals surface area contributed by atoms with Gasteiger partial charge < -0.3 is 14.7 Å². The number of phenolic OH excluding ortho intramolecular Hbond substituents is 1. The molecule has 1 aromatic rings. The molecule has 4 nitrogen and oxygen atoms in total. The highest BCUT2D eigenvalue weighted by molar-refractivity contribution is 6.29. The molecule has 0 aliphatic carbocycles. The van der Waals surface area contributed by atoms with Crippen molar-refractivity contribution < 1.29 is 14.6 Å². The first-order chi connectivity index (χ1) is 7.22. The van der Waals surface area contributed by atoms with Crippen molar-refractivity contribution in [1.82, 2.24) is 0 Å². The largest absolute Gasteiger partial charge is 0.508 e. The lowest BCUT2D eigenvalue weighted by Crippen LogP contribution is -2.38. The molecule has 15 heavy (non-hydrogen) atoms. The quantitative estimate of drug-likeness (QED) is 0.737. The number of ether oxygens (including phenoxy) is 1. The zero-order valence-corrected chi connectivity index (χ0v) is 8.70. The topological polar surface area (TPSA) is 49.8 Å². The van der Waals surface area contributed by atoms with Crippen LogP contribution in [0.2, 0.25) is 0 Å². The van der Waals surface area contributed by atoms with Gasteiger partial charge in [-0.05, 0) is 12.1 Å². The van der Waals surface area contributed by atoms with Crippen LogP contribution in [0.4, 0.5) is 5.69 Å². The second kappa shape index (κ2) is 3.98. The molecular formula is C10H10ClNO3. The van der Waals surface area contributed by atoms with Gasteiger partial charge in [0.1, 0.15) is 24.0 Å². The number of alkyl halides is 1. The van der Waals surface area contributed by atoms with E-state index in [0.29, 0.717) is 24.6 Å². The molecule has 1 aliphatic rings. The van der Waals surface area contributed by atoms with Crippen LogP contribution in [0.15, 0.2) is 18.2 Å². The molecule has 0 spiro atoms. The van der Waals surface area contributed by atoms with Gasteiger partial charge in [-0.15, -0.1) is 11.6 Å². The number of rotatable bonds is 1. The number of aromatic hydroxyl groups is 1. The molecule has 1 amide bonds. The number of amides is 1. The van der Waals surface area contributed by atoms with Crippen molar-refractivity contribution in [2.24, 2.45) is 0 Å². The maximum atomic E-state index is 11.5. The van der Waals surface area contributed by atoms with Gasteiger partial charge >= 0.3 is 0 Å². The van der Waals surface area contributed by atoms with Crippen LogP contribution in [0.1, 0.15) is 0 Å². The van der Waals surface area contributed by atoms with Crippen LogP contribution in [0.5, 0.6) is 11.5 Å². The molecule has 0 saturated carbocycles. The fraction of sp³-hybridized carbons (Fsp3) is 0.300. The Morgan fingerprint density at radius 3 is 3.13 bits per heavy atom. The second-order valence-corrected chi connectivity index (χ2v) is 3.45. The highest BCUT2D eigenvalue weighted by atomic mass is 35.5.